The third kappa shape index (κ3) is 4.25. The first-order valence-corrected chi connectivity index (χ1v) is 6.86. The summed E-state index contributed by atoms with van der Waals surface area (Å²) in [6.07, 6.45) is 4.99. The van der Waals surface area contributed by atoms with Crippen molar-refractivity contribution >= 4 is 17.7 Å². The van der Waals surface area contributed by atoms with Gasteiger partial charge in [-0.3, -0.25) is 4.79 Å². The Morgan fingerprint density at radius 3 is 2.63 bits per heavy atom. The molecule has 0 saturated heterocycles. The molecule has 1 amide bonds. The van der Waals surface area contributed by atoms with Crippen molar-refractivity contribution in [3.05, 3.63) is 37.2 Å². The molecule has 5 nitrogen and oxygen atoms in total. The zero-order chi connectivity index (χ0) is 14.3. The molecule has 1 aromatic heterocycles. The van der Waals surface area contributed by atoms with Gasteiger partial charge in [0, 0.05) is 20.1 Å². The molecule has 1 N–H and O–H groups in total. The van der Waals surface area contributed by atoms with Crippen LogP contribution < -0.4 is 0 Å². The van der Waals surface area contributed by atoms with Crippen LogP contribution in [0.2, 0.25) is 0 Å². The number of hydrogen-bond acceptors (Lipinski definition) is 4. The highest BCUT2D eigenvalue weighted by Crippen LogP contribution is 2.17. The van der Waals surface area contributed by atoms with Crippen molar-refractivity contribution in [3.63, 3.8) is 0 Å². The van der Waals surface area contributed by atoms with Gasteiger partial charge in [-0.05, 0) is 0 Å². The minimum Gasteiger partial charge on any atom is -0.390 e. The molecular formula is C13H19N3O2S. The zero-order valence-electron chi connectivity index (χ0n) is 11.1. The summed E-state index contributed by atoms with van der Waals surface area (Å²) >= 11 is 1.35. The van der Waals surface area contributed by atoms with E-state index in [4.69, 9.17) is 5.11 Å². The first kappa shape index (κ1) is 15.5. The second-order valence-electron chi connectivity index (χ2n) is 3.91. The molecule has 0 aliphatic rings. The number of rotatable bonds is 8. The number of aromatic nitrogens is 2. The second-order valence-corrected chi connectivity index (χ2v) is 4.86. The Kier molecular flexibility index (Phi) is 6.38. The van der Waals surface area contributed by atoms with Crippen LogP contribution in [0.25, 0.3) is 0 Å². The van der Waals surface area contributed by atoms with E-state index >= 15 is 0 Å². The summed E-state index contributed by atoms with van der Waals surface area (Å²) in [5, 5.41) is 9.79. The van der Waals surface area contributed by atoms with Crippen LogP contribution in [-0.4, -0.2) is 44.3 Å². The molecule has 0 saturated carbocycles. The molecule has 104 valence electrons. The topological polar surface area (TPSA) is 58.4 Å². The standard InChI is InChI=1S/C13H19N3O2S/c1-4-6-16(7-5-2)12(18)10-19-13-14-8-11(9-17)15(13)3/h4-5,8,17H,1-2,6-7,9-10H2,3H3. The Labute approximate surface area is 117 Å². The number of imidazole rings is 1. The summed E-state index contributed by atoms with van der Waals surface area (Å²) < 4.78 is 1.78. The first-order valence-electron chi connectivity index (χ1n) is 5.87. The molecule has 0 atom stereocenters. The molecule has 0 spiro atoms. The summed E-state index contributed by atoms with van der Waals surface area (Å²) in [7, 11) is 1.82. The Hall–Kier alpha value is -1.53. The number of aliphatic hydroxyl groups excluding tert-OH is 1. The second kappa shape index (κ2) is 7.81. The van der Waals surface area contributed by atoms with E-state index in [0.717, 1.165) is 10.9 Å². The lowest BCUT2D eigenvalue weighted by Gasteiger charge is -2.18. The van der Waals surface area contributed by atoms with Gasteiger partial charge in [-0.2, -0.15) is 0 Å². The molecule has 0 bridgehead atoms. The lowest BCUT2D eigenvalue weighted by molar-refractivity contribution is -0.127. The van der Waals surface area contributed by atoms with Crippen LogP contribution >= 0.6 is 11.8 Å². The predicted molar refractivity (Wildman–Crippen MR) is 76.8 cm³/mol. The van der Waals surface area contributed by atoms with Crippen LogP contribution in [0.3, 0.4) is 0 Å². The summed E-state index contributed by atoms with van der Waals surface area (Å²) in [4.78, 5) is 17.8. The third-order valence-corrected chi connectivity index (χ3v) is 3.61. The van der Waals surface area contributed by atoms with Crippen molar-refractivity contribution in [2.24, 2.45) is 7.05 Å². The van der Waals surface area contributed by atoms with Crippen molar-refractivity contribution in [2.45, 2.75) is 11.8 Å². The van der Waals surface area contributed by atoms with E-state index in [9.17, 15) is 4.79 Å². The fourth-order valence-corrected chi connectivity index (χ4v) is 2.39. The fraction of sp³-hybridized carbons (Fsp3) is 0.385. The molecule has 19 heavy (non-hydrogen) atoms. The van der Waals surface area contributed by atoms with Crippen molar-refractivity contribution in [3.8, 4) is 0 Å². The predicted octanol–water partition coefficient (Wildman–Crippen LogP) is 1.21. The fourth-order valence-electron chi connectivity index (χ4n) is 1.51. The van der Waals surface area contributed by atoms with Crippen molar-refractivity contribution in [1.29, 1.82) is 0 Å². The number of nitrogens with zero attached hydrogens (tertiary/aromatic N) is 3. The van der Waals surface area contributed by atoms with Crippen molar-refractivity contribution in [2.75, 3.05) is 18.8 Å². The monoisotopic (exact) mass is 281 g/mol. The van der Waals surface area contributed by atoms with Gasteiger partial charge in [0.2, 0.25) is 5.91 Å². The Balaban J connectivity index is 2.58. The molecule has 0 aliphatic carbocycles. The summed E-state index contributed by atoms with van der Waals surface area (Å²) in [5.74, 6) is 0.315. The maximum absolute atomic E-state index is 12.0. The molecule has 1 heterocycles. The maximum atomic E-state index is 12.0. The van der Waals surface area contributed by atoms with Crippen LogP contribution in [0.1, 0.15) is 5.69 Å². The normalized spacial score (nSPS) is 10.2. The van der Waals surface area contributed by atoms with Gasteiger partial charge in [-0.25, -0.2) is 4.98 Å². The van der Waals surface area contributed by atoms with Gasteiger partial charge in [0.25, 0.3) is 0 Å². The highest BCUT2D eigenvalue weighted by atomic mass is 32.2. The number of thioether (sulfide) groups is 1. The highest BCUT2D eigenvalue weighted by Gasteiger charge is 2.13. The maximum Gasteiger partial charge on any atom is 0.233 e. The quantitative estimate of drug-likeness (QED) is 0.575. The Morgan fingerprint density at radius 2 is 2.16 bits per heavy atom. The van der Waals surface area contributed by atoms with Gasteiger partial charge in [0.15, 0.2) is 5.16 Å². The lowest BCUT2D eigenvalue weighted by Crippen LogP contribution is -2.32. The molecule has 0 fully saturated rings. The van der Waals surface area contributed by atoms with Crippen LogP contribution in [0.5, 0.6) is 0 Å². The first-order chi connectivity index (χ1) is 9.13. The van der Waals surface area contributed by atoms with Gasteiger partial charge in [0.1, 0.15) is 0 Å². The van der Waals surface area contributed by atoms with E-state index in [1.165, 1.54) is 11.8 Å². The smallest absolute Gasteiger partial charge is 0.233 e. The van der Waals surface area contributed by atoms with Gasteiger partial charge in [-0.15, -0.1) is 13.2 Å². The third-order valence-electron chi connectivity index (χ3n) is 2.58. The Bertz CT molecular complexity index is 447. The average Bonchev–Trinajstić information content (AvgIpc) is 2.76. The largest absolute Gasteiger partial charge is 0.390 e. The molecule has 0 unspecified atom stereocenters. The molecular weight excluding hydrogens is 262 g/mol. The molecule has 1 aromatic rings. The van der Waals surface area contributed by atoms with E-state index < -0.39 is 0 Å². The SMILES string of the molecule is C=CCN(CC=C)C(=O)CSc1ncc(CO)n1C. The average molecular weight is 281 g/mol. The van der Waals surface area contributed by atoms with E-state index in [1.54, 1.807) is 27.8 Å². The number of carbonyl (C=O) groups excluding carboxylic acids is 1. The molecule has 0 aromatic carbocycles. The van der Waals surface area contributed by atoms with Crippen molar-refractivity contribution in [1.82, 2.24) is 14.5 Å². The van der Waals surface area contributed by atoms with E-state index in [0.29, 0.717) is 18.8 Å². The van der Waals surface area contributed by atoms with Crippen LogP contribution in [0, 0.1) is 0 Å². The molecule has 0 radical (unpaired) electrons. The van der Waals surface area contributed by atoms with E-state index in [-0.39, 0.29) is 12.5 Å². The van der Waals surface area contributed by atoms with E-state index in [1.807, 2.05) is 7.05 Å². The number of aliphatic hydroxyl groups is 1. The van der Waals surface area contributed by atoms with E-state index in [2.05, 4.69) is 18.1 Å². The van der Waals surface area contributed by atoms with Gasteiger partial charge < -0.3 is 14.6 Å². The molecule has 6 heteroatoms. The number of amides is 1. The van der Waals surface area contributed by atoms with Crippen molar-refractivity contribution < 1.29 is 9.90 Å². The summed E-state index contributed by atoms with van der Waals surface area (Å²) in [5.41, 5.74) is 0.726. The zero-order valence-corrected chi connectivity index (χ0v) is 11.9. The van der Waals surface area contributed by atoms with Crippen LogP contribution in [-0.2, 0) is 18.4 Å². The molecule has 0 aliphatic heterocycles. The van der Waals surface area contributed by atoms with Gasteiger partial charge in [0.05, 0.1) is 24.3 Å². The molecule has 1 rings (SSSR count). The number of hydrogen-bond donors (Lipinski definition) is 1. The minimum absolute atomic E-state index is 0.0124. The van der Waals surface area contributed by atoms with Gasteiger partial charge in [-0.1, -0.05) is 23.9 Å². The Morgan fingerprint density at radius 1 is 1.53 bits per heavy atom. The highest BCUT2D eigenvalue weighted by molar-refractivity contribution is 7.99. The minimum atomic E-state index is -0.0585. The summed E-state index contributed by atoms with van der Waals surface area (Å²) in [6, 6.07) is 0. The lowest BCUT2D eigenvalue weighted by atomic mass is 10.4. The van der Waals surface area contributed by atoms with Gasteiger partial charge >= 0.3 is 0 Å². The summed E-state index contributed by atoms with van der Waals surface area (Å²) in [6.45, 7) is 8.22. The van der Waals surface area contributed by atoms with Crippen LogP contribution in [0.15, 0.2) is 36.7 Å². The van der Waals surface area contributed by atoms with Crippen LogP contribution in [0.4, 0.5) is 0 Å². The number of carbonyl (C=O) groups is 1.